The summed E-state index contributed by atoms with van der Waals surface area (Å²) < 4.78 is 2.91. The lowest BCUT2D eigenvalue weighted by Crippen LogP contribution is -2.16. The van der Waals surface area contributed by atoms with Crippen LogP contribution in [-0.2, 0) is 4.79 Å². The quantitative estimate of drug-likeness (QED) is 0.433. The number of anilines is 1. The number of benzene rings is 1. The Morgan fingerprint density at radius 1 is 1.44 bits per heavy atom. The van der Waals surface area contributed by atoms with Crippen LogP contribution in [0.1, 0.15) is 6.92 Å². The van der Waals surface area contributed by atoms with Crippen molar-refractivity contribution in [2.45, 2.75) is 11.8 Å². The van der Waals surface area contributed by atoms with E-state index in [0.717, 1.165) is 16.8 Å². The van der Waals surface area contributed by atoms with Gasteiger partial charge in [0.1, 0.15) is 0 Å². The molecule has 6 heteroatoms. The number of nitrogens with one attached hydrogen (secondary N) is 3. The number of hydrogen-bond acceptors (Lipinski definition) is 4. The molecule has 1 amide bonds. The van der Waals surface area contributed by atoms with E-state index in [1.165, 1.54) is 25.1 Å². The Balaban J connectivity index is 2.58. The second-order valence-electron chi connectivity index (χ2n) is 3.25. The van der Waals surface area contributed by atoms with E-state index in [1.807, 2.05) is 12.1 Å². The van der Waals surface area contributed by atoms with Crippen molar-refractivity contribution in [1.82, 2.24) is 4.72 Å². The van der Waals surface area contributed by atoms with Gasteiger partial charge in [-0.3, -0.25) is 4.79 Å². The lowest BCUT2D eigenvalue weighted by molar-refractivity contribution is -0.114. The summed E-state index contributed by atoms with van der Waals surface area (Å²) in [5, 5.41) is 9.80. The van der Waals surface area contributed by atoms with Crippen LogP contribution in [0.15, 0.2) is 46.9 Å². The molecule has 18 heavy (non-hydrogen) atoms. The monoisotopic (exact) mass is 262 g/mol. The molecule has 0 atom stereocenters. The first kappa shape index (κ1) is 14.0. The smallest absolute Gasteiger partial charge is 0.221 e. The molecule has 0 saturated heterocycles. The zero-order chi connectivity index (χ0) is 13.4. The van der Waals surface area contributed by atoms with Crippen molar-refractivity contribution in [2.75, 3.05) is 5.32 Å². The summed E-state index contributed by atoms with van der Waals surface area (Å²) >= 11 is 1.33. The fraction of sp³-hybridized carbons (Fsp3) is 0.0833. The first-order chi connectivity index (χ1) is 8.65. The van der Waals surface area contributed by atoms with Crippen LogP contribution in [-0.4, -0.2) is 18.0 Å². The van der Waals surface area contributed by atoms with E-state index in [2.05, 4.69) is 21.6 Å². The van der Waals surface area contributed by atoms with Gasteiger partial charge in [0.05, 0.1) is 6.21 Å². The topological polar surface area (TPSA) is 77.3 Å². The Kier molecular flexibility index (Phi) is 5.66. The van der Waals surface area contributed by atoms with Gasteiger partial charge in [0.25, 0.3) is 0 Å². The van der Waals surface area contributed by atoms with Gasteiger partial charge in [-0.15, -0.1) is 0 Å². The third-order valence-electron chi connectivity index (χ3n) is 1.82. The standard InChI is InChI=1S/C12H14N4OS/c1-3-14-12(8-13)16-18-11-6-4-10(5-7-11)15-9(2)17/h3-8,13H,1H2,2H3,(H,14,16)(H,15,17). The van der Waals surface area contributed by atoms with Crippen LogP contribution < -0.4 is 10.0 Å². The highest BCUT2D eigenvalue weighted by molar-refractivity contribution is 7.98. The number of hydrogen-bond donors (Lipinski definition) is 3. The van der Waals surface area contributed by atoms with Crippen LogP contribution in [0, 0.1) is 5.41 Å². The Bertz CT molecular complexity index is 467. The zero-order valence-electron chi connectivity index (χ0n) is 9.93. The zero-order valence-corrected chi connectivity index (χ0v) is 10.8. The molecule has 0 aliphatic rings. The number of nitrogens with zero attached hydrogens (tertiary/aromatic N) is 1. The van der Waals surface area contributed by atoms with Crippen LogP contribution in [0.3, 0.4) is 0 Å². The maximum absolute atomic E-state index is 10.8. The van der Waals surface area contributed by atoms with E-state index in [-0.39, 0.29) is 5.91 Å². The van der Waals surface area contributed by atoms with Crippen LogP contribution in [0.2, 0.25) is 0 Å². The van der Waals surface area contributed by atoms with Crippen LogP contribution in [0.4, 0.5) is 5.69 Å². The van der Waals surface area contributed by atoms with Crippen LogP contribution in [0.5, 0.6) is 0 Å². The molecule has 0 bridgehead atoms. The third kappa shape index (κ3) is 4.84. The van der Waals surface area contributed by atoms with Crippen LogP contribution >= 0.6 is 11.9 Å². The molecule has 1 aromatic rings. The number of aliphatic imine (C=N–C) groups is 1. The van der Waals surface area contributed by atoms with Crippen molar-refractivity contribution in [3.63, 3.8) is 0 Å². The summed E-state index contributed by atoms with van der Waals surface area (Å²) in [6.07, 6.45) is 2.48. The fourth-order valence-electron chi connectivity index (χ4n) is 1.11. The second kappa shape index (κ2) is 7.29. The third-order valence-corrected chi connectivity index (χ3v) is 2.63. The van der Waals surface area contributed by atoms with E-state index in [9.17, 15) is 4.79 Å². The molecule has 0 radical (unpaired) electrons. The average molecular weight is 262 g/mol. The van der Waals surface area contributed by atoms with Crippen molar-refractivity contribution in [3.05, 3.63) is 37.0 Å². The highest BCUT2D eigenvalue weighted by Crippen LogP contribution is 2.17. The minimum Gasteiger partial charge on any atom is -0.326 e. The van der Waals surface area contributed by atoms with Crippen molar-refractivity contribution in [3.8, 4) is 0 Å². The molecule has 3 N–H and O–H groups in total. The number of carbonyl (C=O) groups excluding carboxylic acids is 1. The Morgan fingerprint density at radius 2 is 2.11 bits per heavy atom. The number of rotatable bonds is 5. The largest absolute Gasteiger partial charge is 0.326 e. The molecule has 0 fully saturated rings. The summed E-state index contributed by atoms with van der Waals surface area (Å²) in [6.45, 7) is 4.93. The lowest BCUT2D eigenvalue weighted by atomic mass is 10.3. The summed E-state index contributed by atoms with van der Waals surface area (Å²) in [6, 6.07) is 7.33. The van der Waals surface area contributed by atoms with Gasteiger partial charge in [-0.05, 0) is 36.2 Å². The van der Waals surface area contributed by atoms with Gasteiger partial charge in [0, 0.05) is 23.7 Å². The molecule has 1 rings (SSSR count). The van der Waals surface area contributed by atoms with E-state index in [1.54, 1.807) is 12.1 Å². The molecule has 94 valence electrons. The maximum atomic E-state index is 10.8. The highest BCUT2D eigenvalue weighted by atomic mass is 32.2. The SMILES string of the molecule is C=C/N=C(\C=N)NSc1ccc(NC(C)=O)cc1. The maximum Gasteiger partial charge on any atom is 0.221 e. The fourth-order valence-corrected chi connectivity index (χ4v) is 1.72. The number of amides is 1. The molecular formula is C12H14N4OS. The Hall–Kier alpha value is -2.08. The first-order valence-corrected chi connectivity index (χ1v) is 5.97. The molecule has 0 aromatic heterocycles. The summed E-state index contributed by atoms with van der Waals surface area (Å²) in [5.41, 5.74) is 0.749. The molecule has 0 aliphatic heterocycles. The number of amidine groups is 1. The predicted octanol–water partition coefficient (Wildman–Crippen LogP) is 2.43. The molecule has 0 heterocycles. The van der Waals surface area contributed by atoms with Crippen molar-refractivity contribution in [1.29, 1.82) is 5.41 Å². The number of carbonyl (C=O) groups is 1. The first-order valence-electron chi connectivity index (χ1n) is 5.15. The average Bonchev–Trinajstić information content (AvgIpc) is 2.35. The van der Waals surface area contributed by atoms with Crippen molar-refractivity contribution < 1.29 is 4.79 Å². The molecule has 0 unspecified atom stereocenters. The van der Waals surface area contributed by atoms with Gasteiger partial charge in [-0.1, -0.05) is 6.58 Å². The van der Waals surface area contributed by atoms with Crippen LogP contribution in [0.25, 0.3) is 0 Å². The summed E-state index contributed by atoms with van der Waals surface area (Å²) in [4.78, 5) is 15.7. The molecule has 0 aliphatic carbocycles. The van der Waals surface area contributed by atoms with E-state index >= 15 is 0 Å². The highest BCUT2D eigenvalue weighted by Gasteiger charge is 1.98. The summed E-state index contributed by atoms with van der Waals surface area (Å²) in [5.74, 6) is 0.318. The van der Waals surface area contributed by atoms with Crippen molar-refractivity contribution >= 4 is 35.6 Å². The molecule has 1 aromatic carbocycles. The molecular weight excluding hydrogens is 248 g/mol. The van der Waals surface area contributed by atoms with Gasteiger partial charge in [0.15, 0.2) is 5.84 Å². The van der Waals surface area contributed by atoms with Gasteiger partial charge in [-0.2, -0.15) is 0 Å². The minimum absolute atomic E-state index is 0.0993. The molecule has 5 nitrogen and oxygen atoms in total. The Labute approximate surface area is 110 Å². The summed E-state index contributed by atoms with van der Waals surface area (Å²) in [7, 11) is 0. The second-order valence-corrected chi connectivity index (χ2v) is 4.13. The molecule has 0 saturated carbocycles. The Morgan fingerprint density at radius 3 is 2.61 bits per heavy atom. The lowest BCUT2D eigenvalue weighted by Gasteiger charge is -2.05. The van der Waals surface area contributed by atoms with Crippen molar-refractivity contribution in [2.24, 2.45) is 4.99 Å². The minimum atomic E-state index is -0.0993. The van der Waals surface area contributed by atoms with E-state index in [0.29, 0.717) is 5.84 Å². The van der Waals surface area contributed by atoms with Gasteiger partial charge >= 0.3 is 0 Å². The predicted molar refractivity (Wildman–Crippen MR) is 76.2 cm³/mol. The van der Waals surface area contributed by atoms with E-state index in [4.69, 9.17) is 5.41 Å². The van der Waals surface area contributed by atoms with E-state index < -0.39 is 0 Å². The van der Waals surface area contributed by atoms with Gasteiger partial charge in [-0.25, -0.2) is 4.99 Å². The normalized spacial score (nSPS) is 10.6. The van der Waals surface area contributed by atoms with Gasteiger partial charge in [0.2, 0.25) is 5.91 Å². The molecule has 0 spiro atoms. The van der Waals surface area contributed by atoms with Gasteiger partial charge < -0.3 is 15.4 Å².